The molecule has 4 nitrogen and oxygen atoms in total. The summed E-state index contributed by atoms with van der Waals surface area (Å²) in [6.07, 6.45) is 0. The largest absolute Gasteiger partial charge is 0.346 e. The van der Waals surface area contributed by atoms with Crippen molar-refractivity contribution in [3.63, 3.8) is 0 Å². The number of hydrogen-bond acceptors (Lipinski definition) is 5. The lowest BCUT2D eigenvalue weighted by molar-refractivity contribution is 0.681. The molecule has 0 saturated carbocycles. The summed E-state index contributed by atoms with van der Waals surface area (Å²) in [5.74, 6) is 0.0117. The van der Waals surface area contributed by atoms with Crippen LogP contribution in [-0.4, -0.2) is 23.3 Å². The minimum Gasteiger partial charge on any atom is -0.346 e. The molecule has 6 heteroatoms. The molecule has 0 aliphatic rings. The van der Waals surface area contributed by atoms with Gasteiger partial charge in [-0.15, -0.1) is 10.2 Å². The molecule has 0 aliphatic carbocycles. The first kappa shape index (κ1) is 11.4. The van der Waals surface area contributed by atoms with Crippen molar-refractivity contribution in [1.82, 2.24) is 10.2 Å². The second-order valence-electron chi connectivity index (χ2n) is 2.91. The van der Waals surface area contributed by atoms with Crippen LogP contribution in [0.2, 0.25) is 0 Å². The van der Waals surface area contributed by atoms with E-state index in [0.717, 1.165) is 15.6 Å². The number of nitrogens with zero attached hydrogens (tertiary/aromatic N) is 4. The van der Waals surface area contributed by atoms with E-state index in [1.54, 1.807) is 0 Å². The van der Waals surface area contributed by atoms with Crippen LogP contribution < -0.4 is 4.90 Å². The van der Waals surface area contributed by atoms with Crippen LogP contribution >= 0.6 is 27.3 Å². The molecule has 1 rings (SSSR count). The van der Waals surface area contributed by atoms with Crippen LogP contribution in [0.3, 0.4) is 0 Å². The zero-order valence-electron chi connectivity index (χ0n) is 8.07. The summed E-state index contributed by atoms with van der Waals surface area (Å²) < 4.78 is 0.774. The van der Waals surface area contributed by atoms with Crippen molar-refractivity contribution in [3.05, 3.63) is 3.92 Å². The van der Waals surface area contributed by atoms with Crippen molar-refractivity contribution in [3.8, 4) is 6.07 Å². The lowest BCUT2D eigenvalue weighted by Crippen LogP contribution is -2.27. The van der Waals surface area contributed by atoms with Gasteiger partial charge in [0.25, 0.3) is 0 Å². The second-order valence-corrected chi connectivity index (χ2v) is 5.14. The molecule has 76 valence electrons. The van der Waals surface area contributed by atoms with E-state index in [1.165, 1.54) is 11.3 Å². The minimum atomic E-state index is 0.0117. The van der Waals surface area contributed by atoms with Gasteiger partial charge in [0.05, 0.1) is 12.0 Å². The van der Waals surface area contributed by atoms with Crippen molar-refractivity contribution in [2.24, 2.45) is 5.92 Å². The number of rotatable bonds is 4. The Bertz CT molecular complexity index is 332. The summed E-state index contributed by atoms with van der Waals surface area (Å²) in [5, 5.41) is 17.5. The van der Waals surface area contributed by atoms with Gasteiger partial charge >= 0.3 is 0 Å². The van der Waals surface area contributed by atoms with Gasteiger partial charge in [0.2, 0.25) is 5.13 Å². The summed E-state index contributed by atoms with van der Waals surface area (Å²) in [7, 11) is 0. The molecule has 0 bridgehead atoms. The molecule has 1 unspecified atom stereocenters. The van der Waals surface area contributed by atoms with E-state index >= 15 is 0 Å². The van der Waals surface area contributed by atoms with Gasteiger partial charge in [-0.2, -0.15) is 5.26 Å². The molecule has 0 aromatic carbocycles. The normalized spacial score (nSPS) is 12.1. The number of hydrogen-bond donors (Lipinski definition) is 0. The first-order valence-electron chi connectivity index (χ1n) is 4.31. The van der Waals surface area contributed by atoms with E-state index in [9.17, 15) is 0 Å². The topological polar surface area (TPSA) is 52.8 Å². The van der Waals surface area contributed by atoms with E-state index in [-0.39, 0.29) is 5.92 Å². The lowest BCUT2D eigenvalue weighted by Gasteiger charge is -2.19. The molecule has 1 atom stereocenters. The average Bonchev–Trinajstić information content (AvgIpc) is 2.60. The molecule has 0 fully saturated rings. The van der Waals surface area contributed by atoms with Gasteiger partial charge in [-0.3, -0.25) is 0 Å². The van der Waals surface area contributed by atoms with Gasteiger partial charge in [0.1, 0.15) is 0 Å². The summed E-state index contributed by atoms with van der Waals surface area (Å²) >= 11 is 4.75. The van der Waals surface area contributed by atoms with Gasteiger partial charge < -0.3 is 4.90 Å². The van der Waals surface area contributed by atoms with E-state index in [1.807, 2.05) is 13.8 Å². The molecule has 0 aliphatic heterocycles. The molecule has 0 radical (unpaired) electrons. The number of halogens is 1. The zero-order chi connectivity index (χ0) is 10.6. The monoisotopic (exact) mass is 274 g/mol. The fraction of sp³-hybridized carbons (Fsp3) is 0.625. The Kier molecular flexibility index (Phi) is 4.29. The highest BCUT2D eigenvalue weighted by Crippen LogP contribution is 2.24. The first-order chi connectivity index (χ1) is 6.67. The predicted molar refractivity (Wildman–Crippen MR) is 60.3 cm³/mol. The van der Waals surface area contributed by atoms with Crippen LogP contribution in [-0.2, 0) is 0 Å². The molecule has 1 aromatic rings. The molecule has 14 heavy (non-hydrogen) atoms. The molecule has 0 spiro atoms. The van der Waals surface area contributed by atoms with Crippen molar-refractivity contribution in [2.75, 3.05) is 18.0 Å². The Morgan fingerprint density at radius 3 is 2.79 bits per heavy atom. The quantitative estimate of drug-likeness (QED) is 0.846. The summed E-state index contributed by atoms with van der Waals surface area (Å²) in [5.41, 5.74) is 0. The molecule has 0 amide bonds. The SMILES string of the molecule is CCN(CC(C)C#N)c1nnc(Br)s1. The highest BCUT2D eigenvalue weighted by molar-refractivity contribution is 9.11. The third-order valence-electron chi connectivity index (χ3n) is 1.76. The summed E-state index contributed by atoms with van der Waals surface area (Å²) in [4.78, 5) is 2.05. The van der Waals surface area contributed by atoms with Gasteiger partial charge in [-0.05, 0) is 29.8 Å². The summed E-state index contributed by atoms with van der Waals surface area (Å²) in [6.45, 7) is 5.49. The Hall–Kier alpha value is -0.670. The van der Waals surface area contributed by atoms with Crippen molar-refractivity contribution in [2.45, 2.75) is 13.8 Å². The fourth-order valence-corrected chi connectivity index (χ4v) is 2.20. The average molecular weight is 275 g/mol. The Morgan fingerprint density at radius 1 is 1.64 bits per heavy atom. The van der Waals surface area contributed by atoms with E-state index in [4.69, 9.17) is 5.26 Å². The minimum absolute atomic E-state index is 0.0117. The number of nitriles is 1. The van der Waals surface area contributed by atoms with Crippen LogP contribution in [0.5, 0.6) is 0 Å². The Balaban J connectivity index is 2.68. The van der Waals surface area contributed by atoms with Crippen LogP contribution in [0, 0.1) is 17.2 Å². The van der Waals surface area contributed by atoms with Crippen LogP contribution in [0.15, 0.2) is 3.92 Å². The molecule has 0 saturated heterocycles. The first-order valence-corrected chi connectivity index (χ1v) is 5.91. The molecular weight excluding hydrogens is 264 g/mol. The van der Waals surface area contributed by atoms with Gasteiger partial charge in [0, 0.05) is 13.1 Å². The van der Waals surface area contributed by atoms with E-state index in [2.05, 4.69) is 37.1 Å². The zero-order valence-corrected chi connectivity index (χ0v) is 10.5. The maximum absolute atomic E-state index is 8.71. The number of anilines is 1. The maximum atomic E-state index is 8.71. The van der Waals surface area contributed by atoms with Gasteiger partial charge in [-0.25, -0.2) is 0 Å². The molecule has 0 N–H and O–H groups in total. The van der Waals surface area contributed by atoms with Crippen molar-refractivity contribution < 1.29 is 0 Å². The highest BCUT2D eigenvalue weighted by atomic mass is 79.9. The molecule has 1 heterocycles. The second kappa shape index (κ2) is 5.27. The lowest BCUT2D eigenvalue weighted by atomic mass is 10.2. The molecule has 1 aromatic heterocycles. The Labute approximate surface area is 95.7 Å². The smallest absolute Gasteiger partial charge is 0.209 e. The van der Waals surface area contributed by atoms with Crippen molar-refractivity contribution in [1.29, 1.82) is 5.26 Å². The van der Waals surface area contributed by atoms with Crippen molar-refractivity contribution >= 4 is 32.4 Å². The Morgan fingerprint density at radius 2 is 2.36 bits per heavy atom. The summed E-state index contributed by atoms with van der Waals surface area (Å²) in [6, 6.07) is 2.21. The van der Waals surface area contributed by atoms with Gasteiger partial charge in [0.15, 0.2) is 3.92 Å². The standard InChI is InChI=1S/C8H11BrN4S/c1-3-13(5-6(2)4-10)8-12-11-7(9)14-8/h6H,3,5H2,1-2H3. The van der Waals surface area contributed by atoms with E-state index < -0.39 is 0 Å². The molecular formula is C8H11BrN4S. The maximum Gasteiger partial charge on any atom is 0.209 e. The third-order valence-corrected chi connectivity index (χ3v) is 3.17. The predicted octanol–water partition coefficient (Wildman–Crippen LogP) is 2.29. The van der Waals surface area contributed by atoms with Crippen LogP contribution in [0.4, 0.5) is 5.13 Å². The third kappa shape index (κ3) is 2.93. The fourth-order valence-electron chi connectivity index (χ4n) is 1.04. The highest BCUT2D eigenvalue weighted by Gasteiger charge is 2.12. The van der Waals surface area contributed by atoms with Crippen LogP contribution in [0.25, 0.3) is 0 Å². The van der Waals surface area contributed by atoms with E-state index in [0.29, 0.717) is 6.54 Å². The van der Waals surface area contributed by atoms with Gasteiger partial charge in [-0.1, -0.05) is 11.3 Å². The number of aromatic nitrogens is 2. The van der Waals surface area contributed by atoms with Crippen LogP contribution in [0.1, 0.15) is 13.8 Å².